The van der Waals surface area contributed by atoms with Gasteiger partial charge in [0.05, 0.1) is 6.54 Å². The number of rotatable bonds is 7. The monoisotopic (exact) mass is 240 g/mol. The molecule has 2 N–H and O–H groups in total. The van der Waals surface area contributed by atoms with Crippen molar-refractivity contribution in [3.05, 3.63) is 12.2 Å². The van der Waals surface area contributed by atoms with Gasteiger partial charge in [-0.15, -0.1) is 0 Å². The molecule has 0 bridgehead atoms. The number of hydrogen-bond donors (Lipinski definition) is 2. The number of carbonyl (C=O) groups is 1. The van der Waals surface area contributed by atoms with E-state index in [9.17, 15) is 4.79 Å². The minimum atomic E-state index is 0.0109. The Morgan fingerprint density at radius 2 is 2.24 bits per heavy atom. The molecule has 17 heavy (non-hydrogen) atoms. The molecule has 0 aliphatic carbocycles. The molecule has 1 amide bonds. The van der Waals surface area contributed by atoms with Gasteiger partial charge in [0, 0.05) is 19.0 Å². The molecule has 1 aromatic heterocycles. The van der Waals surface area contributed by atoms with E-state index in [-0.39, 0.29) is 11.9 Å². The lowest BCUT2D eigenvalue weighted by Gasteiger charge is -2.17. The van der Waals surface area contributed by atoms with Crippen molar-refractivity contribution in [3.8, 4) is 0 Å². The summed E-state index contributed by atoms with van der Waals surface area (Å²) >= 11 is 0. The molecule has 96 valence electrons. The molecule has 1 aromatic rings. The van der Waals surface area contributed by atoms with Crippen molar-refractivity contribution >= 4 is 5.91 Å². The second kappa shape index (κ2) is 7.01. The van der Waals surface area contributed by atoms with Crippen LogP contribution in [0.1, 0.15) is 26.7 Å². The third-order valence-corrected chi connectivity index (χ3v) is 2.60. The molecule has 0 fully saturated rings. The first-order valence-electron chi connectivity index (χ1n) is 5.85. The Bertz CT molecular complexity index is 324. The quantitative estimate of drug-likeness (QED) is 0.673. The van der Waals surface area contributed by atoms with Gasteiger partial charge in [-0.1, -0.05) is 19.0 Å². The van der Waals surface area contributed by atoms with Crippen LogP contribution in [0.25, 0.3) is 0 Å². The summed E-state index contributed by atoms with van der Waals surface area (Å²) in [5, 5.41) is 9.45. The summed E-state index contributed by atoms with van der Waals surface area (Å²) in [5.41, 5.74) is 0. The zero-order valence-electron chi connectivity index (χ0n) is 10.6. The third kappa shape index (κ3) is 5.44. The molecule has 6 heteroatoms. The molecule has 0 saturated carbocycles. The largest absolute Gasteiger partial charge is 0.352 e. The number of aromatic nitrogens is 2. The summed E-state index contributed by atoms with van der Waals surface area (Å²) in [6, 6.07) is 0.195. The van der Waals surface area contributed by atoms with E-state index in [4.69, 9.17) is 4.52 Å². The molecule has 1 atom stereocenters. The van der Waals surface area contributed by atoms with E-state index in [0.29, 0.717) is 31.3 Å². The fourth-order valence-corrected chi connectivity index (χ4v) is 1.18. The van der Waals surface area contributed by atoms with E-state index in [0.717, 1.165) is 0 Å². The predicted molar refractivity (Wildman–Crippen MR) is 63.3 cm³/mol. The molecule has 0 aromatic carbocycles. The SMILES string of the molecule is CC(C)C(C)NC(=O)CNCCc1ncno1. The molecule has 0 aliphatic rings. The zero-order valence-corrected chi connectivity index (χ0v) is 10.6. The van der Waals surface area contributed by atoms with Crippen LogP contribution < -0.4 is 10.6 Å². The molecule has 1 unspecified atom stereocenters. The Morgan fingerprint density at radius 1 is 1.47 bits per heavy atom. The van der Waals surface area contributed by atoms with E-state index in [2.05, 4.69) is 34.6 Å². The molecule has 0 spiro atoms. The normalized spacial score (nSPS) is 12.7. The zero-order chi connectivity index (χ0) is 12.7. The predicted octanol–water partition coefficient (Wildman–Crippen LogP) is 0.362. The first kappa shape index (κ1) is 13.6. The summed E-state index contributed by atoms with van der Waals surface area (Å²) < 4.78 is 4.83. The summed E-state index contributed by atoms with van der Waals surface area (Å²) in [6.07, 6.45) is 2.00. The Labute approximate surface area is 101 Å². The van der Waals surface area contributed by atoms with Gasteiger partial charge in [-0.25, -0.2) is 0 Å². The maximum atomic E-state index is 11.5. The average molecular weight is 240 g/mol. The first-order chi connectivity index (χ1) is 8.09. The van der Waals surface area contributed by atoms with Crippen LogP contribution in [0.2, 0.25) is 0 Å². The average Bonchev–Trinajstić information content (AvgIpc) is 2.77. The lowest BCUT2D eigenvalue weighted by molar-refractivity contribution is -0.121. The number of amides is 1. The van der Waals surface area contributed by atoms with Crippen molar-refractivity contribution in [2.45, 2.75) is 33.2 Å². The van der Waals surface area contributed by atoms with Gasteiger partial charge in [-0.05, 0) is 12.8 Å². The number of carbonyl (C=O) groups excluding carboxylic acids is 1. The number of nitrogens with zero attached hydrogens (tertiary/aromatic N) is 2. The van der Waals surface area contributed by atoms with Crippen molar-refractivity contribution in [2.75, 3.05) is 13.1 Å². The van der Waals surface area contributed by atoms with Gasteiger partial charge >= 0.3 is 0 Å². The van der Waals surface area contributed by atoms with E-state index in [1.807, 2.05) is 6.92 Å². The van der Waals surface area contributed by atoms with Crippen molar-refractivity contribution < 1.29 is 9.32 Å². The van der Waals surface area contributed by atoms with Crippen LogP contribution in [0.4, 0.5) is 0 Å². The van der Waals surface area contributed by atoms with Crippen molar-refractivity contribution in [2.24, 2.45) is 5.92 Å². The molecular formula is C11H20N4O2. The molecule has 6 nitrogen and oxygen atoms in total. The van der Waals surface area contributed by atoms with Gasteiger partial charge in [0.1, 0.15) is 0 Å². The fourth-order valence-electron chi connectivity index (χ4n) is 1.18. The summed E-state index contributed by atoms with van der Waals surface area (Å²) in [4.78, 5) is 15.4. The molecule has 0 saturated heterocycles. The van der Waals surface area contributed by atoms with Gasteiger partial charge < -0.3 is 15.2 Å². The molecule has 1 rings (SSSR count). The summed E-state index contributed by atoms with van der Waals surface area (Å²) in [7, 11) is 0. The van der Waals surface area contributed by atoms with Crippen LogP contribution in [0.15, 0.2) is 10.9 Å². The Balaban J connectivity index is 2.08. The molecule has 0 aliphatic heterocycles. The minimum Gasteiger partial charge on any atom is -0.352 e. The maximum Gasteiger partial charge on any atom is 0.234 e. The smallest absolute Gasteiger partial charge is 0.234 e. The summed E-state index contributed by atoms with van der Waals surface area (Å²) in [5.74, 6) is 1.03. The van der Waals surface area contributed by atoms with E-state index >= 15 is 0 Å². The second-order valence-electron chi connectivity index (χ2n) is 4.36. The highest BCUT2D eigenvalue weighted by Crippen LogP contribution is 1.98. The molecule has 1 heterocycles. The molecular weight excluding hydrogens is 220 g/mol. The Kier molecular flexibility index (Phi) is 5.62. The second-order valence-corrected chi connectivity index (χ2v) is 4.36. The van der Waals surface area contributed by atoms with E-state index in [1.54, 1.807) is 0 Å². The Hall–Kier alpha value is -1.43. The minimum absolute atomic E-state index is 0.0109. The lowest BCUT2D eigenvalue weighted by Crippen LogP contribution is -2.41. The van der Waals surface area contributed by atoms with Gasteiger partial charge in [0.2, 0.25) is 11.8 Å². The lowest BCUT2D eigenvalue weighted by atomic mass is 10.1. The van der Waals surface area contributed by atoms with Crippen LogP contribution in [0.5, 0.6) is 0 Å². The van der Waals surface area contributed by atoms with Crippen LogP contribution in [0, 0.1) is 5.92 Å². The topological polar surface area (TPSA) is 80.0 Å². The number of hydrogen-bond acceptors (Lipinski definition) is 5. The van der Waals surface area contributed by atoms with Crippen molar-refractivity contribution in [1.29, 1.82) is 0 Å². The van der Waals surface area contributed by atoms with Gasteiger partial charge in [0.15, 0.2) is 6.33 Å². The van der Waals surface area contributed by atoms with Crippen LogP contribution in [0.3, 0.4) is 0 Å². The van der Waals surface area contributed by atoms with Crippen LogP contribution in [-0.2, 0) is 11.2 Å². The number of nitrogens with one attached hydrogen (secondary N) is 2. The Morgan fingerprint density at radius 3 is 2.82 bits per heavy atom. The first-order valence-corrected chi connectivity index (χ1v) is 5.85. The van der Waals surface area contributed by atoms with Gasteiger partial charge in [-0.3, -0.25) is 4.79 Å². The van der Waals surface area contributed by atoms with Gasteiger partial charge in [-0.2, -0.15) is 4.98 Å². The van der Waals surface area contributed by atoms with E-state index < -0.39 is 0 Å². The third-order valence-electron chi connectivity index (χ3n) is 2.60. The maximum absolute atomic E-state index is 11.5. The van der Waals surface area contributed by atoms with Crippen molar-refractivity contribution in [3.63, 3.8) is 0 Å². The highest BCUT2D eigenvalue weighted by molar-refractivity contribution is 5.78. The van der Waals surface area contributed by atoms with Crippen LogP contribution in [-0.4, -0.2) is 35.2 Å². The van der Waals surface area contributed by atoms with E-state index in [1.165, 1.54) is 6.33 Å². The van der Waals surface area contributed by atoms with Crippen LogP contribution >= 0.6 is 0 Å². The molecule has 0 radical (unpaired) electrons. The highest BCUT2D eigenvalue weighted by atomic mass is 16.5. The summed E-state index contributed by atoms with van der Waals surface area (Å²) in [6.45, 7) is 7.11. The van der Waals surface area contributed by atoms with Gasteiger partial charge in [0.25, 0.3) is 0 Å². The van der Waals surface area contributed by atoms with Crippen molar-refractivity contribution in [1.82, 2.24) is 20.8 Å². The fraction of sp³-hybridized carbons (Fsp3) is 0.727. The standard InChI is InChI=1S/C11H20N4O2/c1-8(2)9(3)15-10(16)6-12-5-4-11-13-7-14-17-11/h7-9,12H,4-6H2,1-3H3,(H,15,16). The highest BCUT2D eigenvalue weighted by Gasteiger charge is 2.10.